The number of aromatic nitrogens is 1. The van der Waals surface area contributed by atoms with Crippen LogP contribution in [0, 0.1) is 0 Å². The maximum Gasteiger partial charge on any atom is 0.232 e. The minimum Gasteiger partial charge on any atom is -0.480 e. The third-order valence-electron chi connectivity index (χ3n) is 1.24. The van der Waals surface area contributed by atoms with E-state index in [2.05, 4.69) is 4.98 Å². The molecule has 11 heavy (non-hydrogen) atoms. The third-order valence-corrected chi connectivity index (χ3v) is 1.51. The summed E-state index contributed by atoms with van der Waals surface area (Å²) in [5, 5.41) is 9.10. The van der Waals surface area contributed by atoms with Crippen molar-refractivity contribution in [2.45, 2.75) is 6.61 Å². The standard InChI is InChI=1S/C7H8ClNO2/c1-11-7-6(8)2-5(4-10)3-9-7/h2-3,10H,4H2,1H3. The fourth-order valence-electron chi connectivity index (χ4n) is 0.702. The summed E-state index contributed by atoms with van der Waals surface area (Å²) < 4.78 is 4.82. The summed E-state index contributed by atoms with van der Waals surface area (Å²) >= 11 is 5.71. The topological polar surface area (TPSA) is 42.4 Å². The summed E-state index contributed by atoms with van der Waals surface area (Å²) in [7, 11) is 1.49. The lowest BCUT2D eigenvalue weighted by Gasteiger charge is -2.01. The van der Waals surface area contributed by atoms with Crippen LogP contribution in [-0.2, 0) is 6.61 Å². The molecule has 0 aliphatic carbocycles. The Balaban J connectivity index is 2.99. The van der Waals surface area contributed by atoms with Crippen molar-refractivity contribution >= 4 is 11.6 Å². The van der Waals surface area contributed by atoms with E-state index in [4.69, 9.17) is 21.4 Å². The van der Waals surface area contributed by atoms with Gasteiger partial charge in [-0.3, -0.25) is 0 Å². The molecular weight excluding hydrogens is 166 g/mol. The summed E-state index contributed by atoms with van der Waals surface area (Å²) in [6.45, 7) is -0.0588. The Bertz CT molecular complexity index is 252. The van der Waals surface area contributed by atoms with Gasteiger partial charge in [-0.1, -0.05) is 11.6 Å². The normalized spacial score (nSPS) is 9.73. The van der Waals surface area contributed by atoms with E-state index >= 15 is 0 Å². The van der Waals surface area contributed by atoms with Crippen LogP contribution in [0.5, 0.6) is 5.88 Å². The highest BCUT2D eigenvalue weighted by atomic mass is 35.5. The lowest BCUT2D eigenvalue weighted by Crippen LogP contribution is -1.91. The molecule has 3 nitrogen and oxygen atoms in total. The van der Waals surface area contributed by atoms with Crippen LogP contribution in [0.3, 0.4) is 0 Å². The maximum atomic E-state index is 8.69. The number of nitrogens with zero attached hydrogens (tertiary/aromatic N) is 1. The van der Waals surface area contributed by atoms with Gasteiger partial charge in [-0.25, -0.2) is 4.98 Å². The first-order chi connectivity index (χ1) is 5.27. The van der Waals surface area contributed by atoms with Crippen molar-refractivity contribution in [2.75, 3.05) is 7.11 Å². The fourth-order valence-corrected chi connectivity index (χ4v) is 0.968. The predicted molar refractivity (Wildman–Crippen MR) is 41.7 cm³/mol. The van der Waals surface area contributed by atoms with Gasteiger partial charge in [0, 0.05) is 6.20 Å². The smallest absolute Gasteiger partial charge is 0.232 e. The Morgan fingerprint density at radius 1 is 1.73 bits per heavy atom. The van der Waals surface area contributed by atoms with E-state index in [9.17, 15) is 0 Å². The monoisotopic (exact) mass is 173 g/mol. The first-order valence-corrected chi connectivity index (χ1v) is 3.45. The van der Waals surface area contributed by atoms with Gasteiger partial charge in [-0.2, -0.15) is 0 Å². The molecule has 1 aromatic heterocycles. The van der Waals surface area contributed by atoms with Gasteiger partial charge in [0.2, 0.25) is 5.88 Å². The van der Waals surface area contributed by atoms with Gasteiger partial charge in [0.15, 0.2) is 0 Å². The Morgan fingerprint density at radius 2 is 2.45 bits per heavy atom. The average molecular weight is 174 g/mol. The summed E-state index contributed by atoms with van der Waals surface area (Å²) in [6.07, 6.45) is 1.52. The zero-order valence-corrected chi connectivity index (χ0v) is 6.80. The first-order valence-electron chi connectivity index (χ1n) is 3.07. The molecule has 0 aliphatic rings. The SMILES string of the molecule is COc1ncc(CO)cc1Cl. The zero-order chi connectivity index (χ0) is 8.27. The van der Waals surface area contributed by atoms with Crippen LogP contribution >= 0.6 is 11.6 Å². The molecule has 0 radical (unpaired) electrons. The number of hydrogen-bond donors (Lipinski definition) is 1. The highest BCUT2D eigenvalue weighted by Gasteiger charge is 2.01. The Morgan fingerprint density at radius 3 is 2.91 bits per heavy atom. The van der Waals surface area contributed by atoms with Crippen molar-refractivity contribution in [1.29, 1.82) is 0 Å². The van der Waals surface area contributed by atoms with Gasteiger partial charge in [0.1, 0.15) is 5.02 Å². The lowest BCUT2D eigenvalue weighted by molar-refractivity contribution is 0.281. The lowest BCUT2D eigenvalue weighted by atomic mass is 10.3. The summed E-state index contributed by atoms with van der Waals surface area (Å²) in [6, 6.07) is 1.62. The van der Waals surface area contributed by atoms with E-state index in [1.807, 2.05) is 0 Å². The van der Waals surface area contributed by atoms with Crippen molar-refractivity contribution in [3.05, 3.63) is 22.8 Å². The Kier molecular flexibility index (Phi) is 2.68. The largest absolute Gasteiger partial charge is 0.480 e. The summed E-state index contributed by atoms with van der Waals surface area (Å²) in [5.74, 6) is 0.379. The van der Waals surface area contributed by atoms with Crippen molar-refractivity contribution < 1.29 is 9.84 Å². The molecule has 1 aromatic rings. The van der Waals surface area contributed by atoms with Crippen LogP contribution in [0.4, 0.5) is 0 Å². The van der Waals surface area contributed by atoms with Crippen LogP contribution in [0.15, 0.2) is 12.3 Å². The molecule has 0 saturated carbocycles. The van der Waals surface area contributed by atoms with Gasteiger partial charge in [-0.15, -0.1) is 0 Å². The van der Waals surface area contributed by atoms with E-state index in [1.165, 1.54) is 13.3 Å². The molecule has 60 valence electrons. The number of ether oxygens (including phenoxy) is 1. The molecule has 0 spiro atoms. The predicted octanol–water partition coefficient (Wildman–Crippen LogP) is 1.24. The molecule has 0 unspecified atom stereocenters. The molecule has 0 bridgehead atoms. The molecule has 0 saturated heterocycles. The van der Waals surface area contributed by atoms with E-state index in [0.717, 1.165) is 0 Å². The van der Waals surface area contributed by atoms with Crippen molar-refractivity contribution in [2.24, 2.45) is 0 Å². The summed E-state index contributed by atoms with van der Waals surface area (Å²) in [5.41, 5.74) is 0.677. The van der Waals surface area contributed by atoms with Gasteiger partial charge >= 0.3 is 0 Å². The number of halogens is 1. The number of methoxy groups -OCH3 is 1. The van der Waals surface area contributed by atoms with Crippen LogP contribution in [0.1, 0.15) is 5.56 Å². The first kappa shape index (κ1) is 8.30. The second kappa shape index (κ2) is 3.55. The average Bonchev–Trinajstić information content (AvgIpc) is 2.04. The molecule has 4 heteroatoms. The molecule has 0 fully saturated rings. The van der Waals surface area contributed by atoms with E-state index in [0.29, 0.717) is 16.5 Å². The highest BCUT2D eigenvalue weighted by molar-refractivity contribution is 6.31. The molecule has 1 N–H and O–H groups in total. The van der Waals surface area contributed by atoms with E-state index < -0.39 is 0 Å². The minimum absolute atomic E-state index is 0.0588. The number of hydrogen-bond acceptors (Lipinski definition) is 3. The highest BCUT2D eigenvalue weighted by Crippen LogP contribution is 2.21. The quantitative estimate of drug-likeness (QED) is 0.732. The minimum atomic E-state index is -0.0588. The number of rotatable bonds is 2. The van der Waals surface area contributed by atoms with Crippen molar-refractivity contribution in [3.63, 3.8) is 0 Å². The molecular formula is C7H8ClNO2. The fraction of sp³-hybridized carbons (Fsp3) is 0.286. The van der Waals surface area contributed by atoms with Gasteiger partial charge in [-0.05, 0) is 11.6 Å². The molecule has 0 amide bonds. The molecule has 0 aromatic carbocycles. The van der Waals surface area contributed by atoms with Gasteiger partial charge in [0.25, 0.3) is 0 Å². The number of aliphatic hydroxyl groups is 1. The van der Waals surface area contributed by atoms with Crippen LogP contribution in [0.2, 0.25) is 5.02 Å². The van der Waals surface area contributed by atoms with Gasteiger partial charge < -0.3 is 9.84 Å². The second-order valence-electron chi connectivity index (χ2n) is 1.99. The van der Waals surface area contributed by atoms with Crippen molar-refractivity contribution in [1.82, 2.24) is 4.98 Å². The maximum absolute atomic E-state index is 8.69. The Hall–Kier alpha value is -0.800. The second-order valence-corrected chi connectivity index (χ2v) is 2.40. The third kappa shape index (κ3) is 1.82. The zero-order valence-electron chi connectivity index (χ0n) is 6.04. The Labute approximate surface area is 69.6 Å². The van der Waals surface area contributed by atoms with Crippen LogP contribution in [0.25, 0.3) is 0 Å². The molecule has 0 atom stereocenters. The van der Waals surface area contributed by atoms with E-state index in [-0.39, 0.29) is 6.61 Å². The van der Waals surface area contributed by atoms with E-state index in [1.54, 1.807) is 6.07 Å². The number of aliphatic hydroxyl groups excluding tert-OH is 1. The summed E-state index contributed by atoms with van der Waals surface area (Å²) in [4.78, 5) is 3.85. The van der Waals surface area contributed by atoms with Crippen molar-refractivity contribution in [3.8, 4) is 5.88 Å². The van der Waals surface area contributed by atoms with Gasteiger partial charge in [0.05, 0.1) is 13.7 Å². The molecule has 1 rings (SSSR count). The molecule has 0 aliphatic heterocycles. The number of pyridine rings is 1. The molecule has 1 heterocycles. The van der Waals surface area contributed by atoms with Crippen LogP contribution in [-0.4, -0.2) is 17.2 Å². The van der Waals surface area contributed by atoms with Crippen LogP contribution < -0.4 is 4.74 Å².